The van der Waals surface area contributed by atoms with E-state index in [0.717, 1.165) is 19.0 Å². The fraction of sp³-hybridized carbons (Fsp3) is 0.529. The van der Waals surface area contributed by atoms with Gasteiger partial charge in [-0.05, 0) is 16.1 Å². The van der Waals surface area contributed by atoms with E-state index >= 15 is 0 Å². The van der Waals surface area contributed by atoms with Crippen LogP contribution in [0.15, 0.2) is 34.9 Å². The lowest BCUT2D eigenvalue weighted by atomic mass is 9.78. The van der Waals surface area contributed by atoms with Crippen molar-refractivity contribution in [1.82, 2.24) is 10.1 Å². The molecule has 1 aromatic carbocycles. The molecular formula is C17H23N3O. The molecule has 2 aromatic rings. The molecule has 0 radical (unpaired) electrons. The Bertz CT molecular complexity index is 604. The van der Waals surface area contributed by atoms with E-state index in [-0.39, 0.29) is 11.3 Å². The third kappa shape index (κ3) is 2.67. The predicted octanol–water partition coefficient (Wildman–Crippen LogP) is 3.82. The van der Waals surface area contributed by atoms with Crippen LogP contribution in [0.5, 0.6) is 0 Å². The molecule has 0 saturated carbocycles. The van der Waals surface area contributed by atoms with Crippen LogP contribution < -0.4 is 4.90 Å². The summed E-state index contributed by atoms with van der Waals surface area (Å²) in [5.41, 5.74) is 1.58. The number of anilines is 1. The van der Waals surface area contributed by atoms with Crippen molar-refractivity contribution < 1.29 is 4.52 Å². The van der Waals surface area contributed by atoms with Crippen LogP contribution in [0.1, 0.15) is 51.0 Å². The number of rotatable bonds is 3. The molecular weight excluding hydrogens is 262 g/mol. The fourth-order valence-corrected chi connectivity index (χ4v) is 3.12. The zero-order chi connectivity index (χ0) is 15.0. The lowest BCUT2D eigenvalue weighted by molar-refractivity contribution is 0.361. The molecule has 1 aliphatic heterocycles. The number of hydrogen-bond acceptors (Lipinski definition) is 4. The van der Waals surface area contributed by atoms with Crippen molar-refractivity contribution in [2.75, 3.05) is 18.0 Å². The summed E-state index contributed by atoms with van der Waals surface area (Å²) in [4.78, 5) is 6.78. The molecule has 0 N–H and O–H groups in total. The molecule has 3 rings (SSSR count). The highest BCUT2D eigenvalue weighted by Crippen LogP contribution is 2.43. The molecule has 0 bridgehead atoms. The minimum atomic E-state index is 0.194. The second-order valence-corrected chi connectivity index (χ2v) is 6.92. The van der Waals surface area contributed by atoms with Gasteiger partial charge in [-0.1, -0.05) is 58.0 Å². The maximum Gasteiger partial charge on any atom is 0.266 e. The van der Waals surface area contributed by atoms with Crippen molar-refractivity contribution in [3.05, 3.63) is 41.8 Å². The minimum Gasteiger partial charge on any atom is -0.337 e. The Morgan fingerprint density at radius 1 is 1.24 bits per heavy atom. The first-order valence-corrected chi connectivity index (χ1v) is 7.61. The van der Waals surface area contributed by atoms with Gasteiger partial charge >= 0.3 is 0 Å². The minimum absolute atomic E-state index is 0.194. The summed E-state index contributed by atoms with van der Waals surface area (Å²) in [6.45, 7) is 10.6. The van der Waals surface area contributed by atoms with Crippen molar-refractivity contribution in [1.29, 1.82) is 0 Å². The lowest BCUT2D eigenvalue weighted by Crippen LogP contribution is -2.24. The number of benzene rings is 1. The first-order valence-electron chi connectivity index (χ1n) is 7.61. The van der Waals surface area contributed by atoms with Gasteiger partial charge in [-0.25, -0.2) is 0 Å². The van der Waals surface area contributed by atoms with E-state index in [1.54, 1.807) is 0 Å². The van der Waals surface area contributed by atoms with Crippen molar-refractivity contribution >= 4 is 5.95 Å². The Morgan fingerprint density at radius 2 is 1.95 bits per heavy atom. The molecule has 4 nitrogen and oxygen atoms in total. The first-order chi connectivity index (χ1) is 9.97. The summed E-state index contributed by atoms with van der Waals surface area (Å²) in [5.74, 6) is 2.20. The van der Waals surface area contributed by atoms with Gasteiger partial charge < -0.3 is 9.42 Å². The summed E-state index contributed by atoms with van der Waals surface area (Å²) < 4.78 is 5.34. The molecule has 1 aromatic heterocycles. The molecule has 21 heavy (non-hydrogen) atoms. The summed E-state index contributed by atoms with van der Waals surface area (Å²) in [5, 5.41) is 4.15. The summed E-state index contributed by atoms with van der Waals surface area (Å²) in [7, 11) is 0. The molecule has 2 heterocycles. The third-order valence-electron chi connectivity index (χ3n) is 4.35. The highest BCUT2D eigenvalue weighted by molar-refractivity contribution is 5.37. The van der Waals surface area contributed by atoms with Crippen LogP contribution in [0.3, 0.4) is 0 Å². The lowest BCUT2D eigenvalue weighted by Gasteiger charge is -2.25. The Balaban J connectivity index is 1.84. The Labute approximate surface area is 126 Å². The zero-order valence-electron chi connectivity index (χ0n) is 13.2. The maximum absolute atomic E-state index is 5.34. The smallest absolute Gasteiger partial charge is 0.266 e. The van der Waals surface area contributed by atoms with Crippen LogP contribution in [0.2, 0.25) is 0 Å². The van der Waals surface area contributed by atoms with Crippen LogP contribution in [0.4, 0.5) is 5.95 Å². The molecule has 0 amide bonds. The van der Waals surface area contributed by atoms with E-state index in [0.29, 0.717) is 11.8 Å². The number of aromatic nitrogens is 2. The quantitative estimate of drug-likeness (QED) is 0.859. The van der Waals surface area contributed by atoms with E-state index in [1.165, 1.54) is 5.56 Å². The maximum atomic E-state index is 5.34. The standard InChI is InChI=1S/C17H23N3O/c1-12(2)15-18-16(19-21-15)20-10-14(17(3,4)11-20)13-8-6-5-7-9-13/h5-9,12,14H,10-11H2,1-4H3/t14-/m0/s1. The van der Waals surface area contributed by atoms with Gasteiger partial charge in [0.15, 0.2) is 0 Å². The topological polar surface area (TPSA) is 42.2 Å². The van der Waals surface area contributed by atoms with Gasteiger partial charge in [0.25, 0.3) is 5.95 Å². The fourth-order valence-electron chi connectivity index (χ4n) is 3.12. The molecule has 0 spiro atoms. The van der Waals surface area contributed by atoms with Crippen LogP contribution >= 0.6 is 0 Å². The van der Waals surface area contributed by atoms with Gasteiger partial charge in [0, 0.05) is 24.9 Å². The first kappa shape index (κ1) is 14.1. The van der Waals surface area contributed by atoms with Crippen molar-refractivity contribution in [2.24, 2.45) is 5.41 Å². The number of nitrogens with zero attached hydrogens (tertiary/aromatic N) is 3. The van der Waals surface area contributed by atoms with Crippen molar-refractivity contribution in [2.45, 2.75) is 39.5 Å². The van der Waals surface area contributed by atoms with E-state index in [2.05, 4.69) is 73.1 Å². The highest BCUT2D eigenvalue weighted by Gasteiger charge is 2.41. The predicted molar refractivity (Wildman–Crippen MR) is 83.6 cm³/mol. The van der Waals surface area contributed by atoms with Gasteiger partial charge in [-0.3, -0.25) is 0 Å². The highest BCUT2D eigenvalue weighted by atomic mass is 16.5. The van der Waals surface area contributed by atoms with Crippen LogP contribution in [-0.4, -0.2) is 23.2 Å². The average molecular weight is 285 g/mol. The van der Waals surface area contributed by atoms with E-state index in [1.807, 2.05) is 0 Å². The normalized spacial score (nSPS) is 21.2. The Kier molecular flexibility index (Phi) is 3.47. The van der Waals surface area contributed by atoms with E-state index in [9.17, 15) is 0 Å². The summed E-state index contributed by atoms with van der Waals surface area (Å²) in [6, 6.07) is 10.7. The van der Waals surface area contributed by atoms with Gasteiger partial charge in [-0.15, -0.1) is 0 Å². The number of hydrogen-bond donors (Lipinski definition) is 0. The van der Waals surface area contributed by atoms with Gasteiger partial charge in [0.1, 0.15) is 0 Å². The van der Waals surface area contributed by atoms with E-state index < -0.39 is 0 Å². The molecule has 0 unspecified atom stereocenters. The van der Waals surface area contributed by atoms with Gasteiger partial charge in [0.2, 0.25) is 5.89 Å². The molecule has 1 fully saturated rings. The largest absolute Gasteiger partial charge is 0.337 e. The second-order valence-electron chi connectivity index (χ2n) is 6.92. The summed E-state index contributed by atoms with van der Waals surface area (Å²) in [6.07, 6.45) is 0. The molecule has 1 aliphatic rings. The molecule has 0 aliphatic carbocycles. The van der Waals surface area contributed by atoms with E-state index in [4.69, 9.17) is 4.52 Å². The molecule has 1 atom stereocenters. The van der Waals surface area contributed by atoms with Crippen molar-refractivity contribution in [3.63, 3.8) is 0 Å². The van der Waals surface area contributed by atoms with Gasteiger partial charge in [-0.2, -0.15) is 4.98 Å². The molecule has 1 saturated heterocycles. The summed E-state index contributed by atoms with van der Waals surface area (Å²) >= 11 is 0. The second kappa shape index (κ2) is 5.17. The van der Waals surface area contributed by atoms with Crippen LogP contribution in [-0.2, 0) is 0 Å². The Hall–Kier alpha value is -1.84. The monoisotopic (exact) mass is 285 g/mol. The third-order valence-corrected chi connectivity index (χ3v) is 4.35. The zero-order valence-corrected chi connectivity index (χ0v) is 13.2. The van der Waals surface area contributed by atoms with Gasteiger partial charge in [0.05, 0.1) is 0 Å². The average Bonchev–Trinajstić information content (AvgIpc) is 3.04. The SMILES string of the molecule is CC(C)c1nc(N2C[C@@H](c3ccccc3)C(C)(C)C2)no1. The van der Waals surface area contributed by atoms with Crippen LogP contribution in [0, 0.1) is 5.41 Å². The van der Waals surface area contributed by atoms with Crippen molar-refractivity contribution in [3.8, 4) is 0 Å². The molecule has 112 valence electrons. The Morgan fingerprint density at radius 3 is 2.57 bits per heavy atom. The van der Waals surface area contributed by atoms with Crippen LogP contribution in [0.25, 0.3) is 0 Å². The molecule has 4 heteroatoms.